The third-order valence-corrected chi connectivity index (χ3v) is 6.93. The molecule has 0 atom stereocenters. The van der Waals surface area contributed by atoms with Crippen molar-refractivity contribution >= 4 is 29.1 Å². The number of unbranched alkanes of at least 4 members (excludes halogenated alkanes) is 2. The Bertz CT molecular complexity index is 1430. The minimum absolute atomic E-state index is 0.160. The van der Waals surface area contributed by atoms with Crippen molar-refractivity contribution in [1.82, 2.24) is 15.2 Å². The van der Waals surface area contributed by atoms with Crippen LogP contribution in [0.3, 0.4) is 0 Å². The van der Waals surface area contributed by atoms with E-state index in [1.165, 1.54) is 42.7 Å². The molecule has 200 valence electrons. The van der Waals surface area contributed by atoms with Crippen molar-refractivity contribution in [3.63, 3.8) is 0 Å². The Morgan fingerprint density at radius 3 is 1.77 bits per heavy atom. The van der Waals surface area contributed by atoms with Gasteiger partial charge in [0.15, 0.2) is 0 Å². The topological polar surface area (TPSA) is 125 Å². The standard InChI is InChI=1S/C29H28N4O5S/c1-3-4-5-18-38-24-16-14-20(15-17-24)26-32-31-25(39-26)19-6-8-21(9-7-19)27(34)33(30)28(35)22-10-12-23(13-11-22)29(36)37-2/h6-17H,3-5,18,30H2,1-2H3. The van der Waals surface area contributed by atoms with E-state index in [2.05, 4.69) is 21.9 Å². The normalized spacial score (nSPS) is 10.6. The van der Waals surface area contributed by atoms with Crippen LogP contribution in [0.4, 0.5) is 0 Å². The number of carbonyl (C=O) groups excluding carboxylic acids is 3. The van der Waals surface area contributed by atoms with Crippen LogP contribution in [0, 0.1) is 0 Å². The molecule has 0 spiro atoms. The van der Waals surface area contributed by atoms with Crippen molar-refractivity contribution < 1.29 is 23.9 Å². The summed E-state index contributed by atoms with van der Waals surface area (Å²) in [5, 5.41) is 10.6. The lowest BCUT2D eigenvalue weighted by molar-refractivity contribution is 0.0591. The molecule has 4 aromatic rings. The minimum atomic E-state index is -0.702. The maximum atomic E-state index is 12.8. The molecule has 2 N–H and O–H groups in total. The summed E-state index contributed by atoms with van der Waals surface area (Å²) < 4.78 is 10.4. The molecule has 0 radical (unpaired) electrons. The zero-order chi connectivity index (χ0) is 27.8. The first-order chi connectivity index (χ1) is 18.9. The van der Waals surface area contributed by atoms with Gasteiger partial charge >= 0.3 is 5.97 Å². The molecule has 39 heavy (non-hydrogen) atoms. The van der Waals surface area contributed by atoms with Crippen molar-refractivity contribution in [3.05, 3.63) is 89.5 Å². The molecule has 2 amide bonds. The minimum Gasteiger partial charge on any atom is -0.494 e. The Balaban J connectivity index is 1.39. The number of esters is 1. The first-order valence-corrected chi connectivity index (χ1v) is 13.2. The number of hydrogen-bond acceptors (Lipinski definition) is 9. The number of hydrogen-bond donors (Lipinski definition) is 1. The molecule has 4 rings (SSSR count). The van der Waals surface area contributed by atoms with E-state index in [1.54, 1.807) is 24.3 Å². The second-order valence-electron chi connectivity index (χ2n) is 8.62. The fourth-order valence-electron chi connectivity index (χ4n) is 3.68. The van der Waals surface area contributed by atoms with E-state index in [9.17, 15) is 14.4 Å². The third-order valence-electron chi connectivity index (χ3n) is 5.91. The highest BCUT2D eigenvalue weighted by molar-refractivity contribution is 7.17. The van der Waals surface area contributed by atoms with Gasteiger partial charge in [0.2, 0.25) is 0 Å². The number of imide groups is 1. The number of benzene rings is 3. The van der Waals surface area contributed by atoms with Crippen LogP contribution in [0.5, 0.6) is 5.75 Å². The van der Waals surface area contributed by atoms with Gasteiger partial charge < -0.3 is 9.47 Å². The number of aromatic nitrogens is 2. The van der Waals surface area contributed by atoms with E-state index in [0.717, 1.165) is 41.1 Å². The van der Waals surface area contributed by atoms with E-state index >= 15 is 0 Å². The Morgan fingerprint density at radius 1 is 0.769 bits per heavy atom. The summed E-state index contributed by atoms with van der Waals surface area (Å²) >= 11 is 1.43. The number of carbonyl (C=O) groups is 3. The maximum Gasteiger partial charge on any atom is 0.337 e. The number of nitrogens with two attached hydrogens (primary N) is 1. The lowest BCUT2D eigenvalue weighted by Crippen LogP contribution is -2.42. The molecule has 9 nitrogen and oxygen atoms in total. The van der Waals surface area contributed by atoms with Gasteiger partial charge in [0.05, 0.1) is 19.3 Å². The molecule has 0 aliphatic carbocycles. The lowest BCUT2D eigenvalue weighted by atomic mass is 10.1. The predicted molar refractivity (Wildman–Crippen MR) is 148 cm³/mol. The van der Waals surface area contributed by atoms with Gasteiger partial charge in [-0.2, -0.15) is 0 Å². The molecular formula is C29H28N4O5S. The van der Waals surface area contributed by atoms with Gasteiger partial charge in [-0.15, -0.1) is 10.2 Å². The molecular weight excluding hydrogens is 516 g/mol. The number of methoxy groups -OCH3 is 1. The molecule has 0 unspecified atom stereocenters. The van der Waals surface area contributed by atoms with E-state index in [0.29, 0.717) is 16.6 Å². The fourth-order valence-corrected chi connectivity index (χ4v) is 4.54. The van der Waals surface area contributed by atoms with E-state index in [1.807, 2.05) is 24.3 Å². The largest absolute Gasteiger partial charge is 0.494 e. The SMILES string of the molecule is CCCCCOc1ccc(-c2nnc(-c3ccc(C(=O)N(N)C(=O)c4ccc(C(=O)OC)cc4)cc3)s2)cc1. The van der Waals surface area contributed by atoms with Gasteiger partial charge in [-0.05, 0) is 67.1 Å². The molecule has 0 fully saturated rings. The van der Waals surface area contributed by atoms with Crippen molar-refractivity contribution in [1.29, 1.82) is 0 Å². The van der Waals surface area contributed by atoms with Crippen LogP contribution in [0.25, 0.3) is 21.1 Å². The molecule has 10 heteroatoms. The highest BCUT2D eigenvalue weighted by Crippen LogP contribution is 2.31. The summed E-state index contributed by atoms with van der Waals surface area (Å²) in [5.41, 5.74) is 2.39. The Morgan fingerprint density at radius 2 is 1.26 bits per heavy atom. The average Bonchev–Trinajstić information content (AvgIpc) is 3.49. The van der Waals surface area contributed by atoms with Crippen LogP contribution in [-0.4, -0.2) is 46.7 Å². The molecule has 0 aliphatic rings. The van der Waals surface area contributed by atoms with Gasteiger partial charge in [-0.25, -0.2) is 15.6 Å². The monoisotopic (exact) mass is 544 g/mol. The summed E-state index contributed by atoms with van der Waals surface area (Å²) in [6, 6.07) is 20.1. The van der Waals surface area contributed by atoms with Gasteiger partial charge in [-0.1, -0.05) is 43.2 Å². The van der Waals surface area contributed by atoms with Crippen molar-refractivity contribution in [2.45, 2.75) is 26.2 Å². The van der Waals surface area contributed by atoms with Crippen LogP contribution in [0.2, 0.25) is 0 Å². The highest BCUT2D eigenvalue weighted by Gasteiger charge is 2.22. The summed E-state index contributed by atoms with van der Waals surface area (Å²) in [5.74, 6) is 4.75. The van der Waals surface area contributed by atoms with Crippen LogP contribution in [-0.2, 0) is 4.74 Å². The van der Waals surface area contributed by atoms with Crippen molar-refractivity contribution in [2.24, 2.45) is 5.84 Å². The Hall–Kier alpha value is -4.41. The molecule has 1 heterocycles. The van der Waals surface area contributed by atoms with Crippen LogP contribution in [0.15, 0.2) is 72.8 Å². The predicted octanol–water partition coefficient (Wildman–Crippen LogP) is 5.38. The number of nitrogens with zero attached hydrogens (tertiary/aromatic N) is 3. The summed E-state index contributed by atoms with van der Waals surface area (Å²) in [7, 11) is 1.27. The molecule has 0 aliphatic heterocycles. The van der Waals surface area contributed by atoms with Crippen LogP contribution in [0.1, 0.15) is 57.3 Å². The third kappa shape index (κ3) is 6.73. The second-order valence-corrected chi connectivity index (χ2v) is 9.60. The van der Waals surface area contributed by atoms with E-state index in [-0.39, 0.29) is 16.7 Å². The lowest BCUT2D eigenvalue weighted by Gasteiger charge is -2.15. The van der Waals surface area contributed by atoms with Crippen molar-refractivity contribution in [3.8, 4) is 26.9 Å². The Labute approximate surface area is 230 Å². The first kappa shape index (κ1) is 27.6. The van der Waals surface area contributed by atoms with Crippen LogP contribution >= 0.6 is 11.3 Å². The zero-order valence-corrected chi connectivity index (χ0v) is 22.4. The summed E-state index contributed by atoms with van der Waals surface area (Å²) in [6.45, 7) is 2.86. The number of hydrazine groups is 1. The quantitative estimate of drug-likeness (QED) is 0.0704. The smallest absolute Gasteiger partial charge is 0.337 e. The first-order valence-electron chi connectivity index (χ1n) is 12.4. The fraction of sp³-hybridized carbons (Fsp3) is 0.207. The maximum absolute atomic E-state index is 12.8. The second kappa shape index (κ2) is 12.9. The molecule has 0 saturated heterocycles. The molecule has 0 saturated carbocycles. The van der Waals surface area contributed by atoms with Gasteiger partial charge in [0.1, 0.15) is 15.8 Å². The average molecular weight is 545 g/mol. The molecule has 3 aromatic carbocycles. The zero-order valence-electron chi connectivity index (χ0n) is 21.6. The number of amides is 2. The number of rotatable bonds is 10. The van der Waals surface area contributed by atoms with Crippen LogP contribution < -0.4 is 10.6 Å². The van der Waals surface area contributed by atoms with Gasteiger partial charge in [0.25, 0.3) is 11.8 Å². The summed E-state index contributed by atoms with van der Waals surface area (Å²) in [4.78, 5) is 37.1. The van der Waals surface area contributed by atoms with Gasteiger partial charge in [-0.3, -0.25) is 9.59 Å². The highest BCUT2D eigenvalue weighted by atomic mass is 32.1. The summed E-state index contributed by atoms with van der Waals surface area (Å²) in [6.07, 6.45) is 3.34. The molecule has 0 bridgehead atoms. The Kier molecular flexibility index (Phi) is 9.14. The van der Waals surface area contributed by atoms with Crippen molar-refractivity contribution in [2.75, 3.05) is 13.7 Å². The molecule has 1 aromatic heterocycles. The number of ether oxygens (including phenoxy) is 2. The van der Waals surface area contributed by atoms with E-state index < -0.39 is 17.8 Å². The van der Waals surface area contributed by atoms with E-state index in [4.69, 9.17) is 10.6 Å². The van der Waals surface area contributed by atoms with Gasteiger partial charge in [0, 0.05) is 22.3 Å².